The van der Waals surface area contributed by atoms with E-state index in [-0.39, 0.29) is 11.9 Å². The van der Waals surface area contributed by atoms with Crippen molar-refractivity contribution in [3.8, 4) is 0 Å². The molecule has 0 saturated heterocycles. The standard InChI is InChI=1S/C15H17N3O2/c1-9(14-3-2-6-20-14)17-13-8-12-10(7-11(13)16)4-5-15(19)18-12/h2-3,6-9,17H,4-5,16H2,1H3,(H,18,19). The maximum absolute atomic E-state index is 11.5. The Balaban J connectivity index is 1.86. The number of carbonyl (C=O) groups excluding carboxylic acids is 1. The molecule has 4 N–H and O–H groups in total. The zero-order chi connectivity index (χ0) is 14.1. The van der Waals surface area contributed by atoms with Crippen molar-refractivity contribution in [3.05, 3.63) is 41.9 Å². The maximum atomic E-state index is 11.5. The summed E-state index contributed by atoms with van der Waals surface area (Å²) in [5.74, 6) is 0.887. The van der Waals surface area contributed by atoms with Crippen LogP contribution in [0.3, 0.4) is 0 Å². The summed E-state index contributed by atoms with van der Waals surface area (Å²) in [5.41, 5.74) is 9.47. The van der Waals surface area contributed by atoms with Crippen LogP contribution in [0.1, 0.15) is 30.7 Å². The van der Waals surface area contributed by atoms with Gasteiger partial charge in [-0.3, -0.25) is 4.79 Å². The highest BCUT2D eigenvalue weighted by atomic mass is 16.3. The lowest BCUT2D eigenvalue weighted by Gasteiger charge is -2.21. The second-order valence-corrected chi connectivity index (χ2v) is 5.03. The van der Waals surface area contributed by atoms with Gasteiger partial charge in [-0.1, -0.05) is 0 Å². The number of benzene rings is 1. The molecule has 2 aromatic rings. The fourth-order valence-electron chi connectivity index (χ4n) is 2.41. The highest BCUT2D eigenvalue weighted by molar-refractivity contribution is 5.95. The van der Waals surface area contributed by atoms with Crippen LogP contribution in [0, 0.1) is 0 Å². The molecule has 1 unspecified atom stereocenters. The van der Waals surface area contributed by atoms with Gasteiger partial charge < -0.3 is 20.8 Å². The molecule has 0 spiro atoms. The van der Waals surface area contributed by atoms with Gasteiger partial charge >= 0.3 is 0 Å². The minimum atomic E-state index is 0.00430. The van der Waals surface area contributed by atoms with Gasteiger partial charge in [-0.05, 0) is 43.2 Å². The molecule has 3 rings (SSSR count). The van der Waals surface area contributed by atoms with Gasteiger partial charge in [-0.2, -0.15) is 0 Å². The quantitative estimate of drug-likeness (QED) is 0.750. The minimum absolute atomic E-state index is 0.00430. The summed E-state index contributed by atoms with van der Waals surface area (Å²) >= 11 is 0. The summed E-state index contributed by atoms with van der Waals surface area (Å²) in [6.07, 6.45) is 2.89. The predicted molar refractivity (Wildman–Crippen MR) is 78.6 cm³/mol. The number of anilines is 3. The number of aryl methyl sites for hydroxylation is 1. The lowest BCUT2D eigenvalue weighted by molar-refractivity contribution is -0.116. The lowest BCUT2D eigenvalue weighted by atomic mass is 10.0. The monoisotopic (exact) mass is 271 g/mol. The van der Waals surface area contributed by atoms with Gasteiger partial charge in [0.05, 0.1) is 23.7 Å². The van der Waals surface area contributed by atoms with Crippen molar-refractivity contribution in [2.45, 2.75) is 25.8 Å². The molecule has 0 aliphatic carbocycles. The Morgan fingerprint density at radius 3 is 3.00 bits per heavy atom. The van der Waals surface area contributed by atoms with Crippen molar-refractivity contribution >= 4 is 23.0 Å². The second kappa shape index (κ2) is 4.92. The van der Waals surface area contributed by atoms with Gasteiger partial charge in [0.15, 0.2) is 0 Å². The highest BCUT2D eigenvalue weighted by Crippen LogP contribution is 2.33. The molecule has 5 heteroatoms. The topological polar surface area (TPSA) is 80.3 Å². The number of hydrogen-bond acceptors (Lipinski definition) is 4. The summed E-state index contributed by atoms with van der Waals surface area (Å²) in [6.45, 7) is 2.00. The number of hydrogen-bond donors (Lipinski definition) is 3. The van der Waals surface area contributed by atoms with Gasteiger partial charge in [-0.25, -0.2) is 0 Å². The van der Waals surface area contributed by atoms with E-state index in [4.69, 9.17) is 10.2 Å². The molecule has 1 aliphatic rings. The molecule has 1 aromatic heterocycles. The zero-order valence-electron chi connectivity index (χ0n) is 11.3. The summed E-state index contributed by atoms with van der Waals surface area (Å²) in [7, 11) is 0. The number of nitrogen functional groups attached to an aromatic ring is 1. The molecule has 2 heterocycles. The third kappa shape index (κ3) is 2.34. The largest absolute Gasteiger partial charge is 0.467 e. The smallest absolute Gasteiger partial charge is 0.224 e. The molecule has 1 aliphatic heterocycles. The molecule has 5 nitrogen and oxygen atoms in total. The molecule has 1 amide bonds. The molecule has 0 radical (unpaired) electrons. The lowest BCUT2D eigenvalue weighted by Crippen LogP contribution is -2.19. The van der Waals surface area contributed by atoms with E-state index in [1.807, 2.05) is 31.2 Å². The van der Waals surface area contributed by atoms with Gasteiger partial charge in [0.1, 0.15) is 5.76 Å². The highest BCUT2D eigenvalue weighted by Gasteiger charge is 2.18. The predicted octanol–water partition coefficient (Wildman–Crippen LogP) is 2.92. The first kappa shape index (κ1) is 12.6. The first-order chi connectivity index (χ1) is 9.63. The Morgan fingerprint density at radius 2 is 2.25 bits per heavy atom. The van der Waals surface area contributed by atoms with E-state index in [9.17, 15) is 4.79 Å². The second-order valence-electron chi connectivity index (χ2n) is 5.03. The van der Waals surface area contributed by atoms with E-state index >= 15 is 0 Å². The van der Waals surface area contributed by atoms with Crippen LogP contribution >= 0.6 is 0 Å². The molecular formula is C15H17N3O2. The molecule has 1 aromatic carbocycles. The van der Waals surface area contributed by atoms with Crippen molar-refractivity contribution in [1.29, 1.82) is 0 Å². The van der Waals surface area contributed by atoms with E-state index in [1.54, 1.807) is 6.26 Å². The molecular weight excluding hydrogens is 254 g/mol. The Hall–Kier alpha value is -2.43. The van der Waals surface area contributed by atoms with Crippen molar-refractivity contribution in [2.75, 3.05) is 16.4 Å². The van der Waals surface area contributed by atoms with Crippen LogP contribution in [-0.4, -0.2) is 5.91 Å². The van der Waals surface area contributed by atoms with Crippen LogP contribution in [0.25, 0.3) is 0 Å². The average Bonchev–Trinajstić information content (AvgIpc) is 2.94. The number of nitrogens with two attached hydrogens (primary N) is 1. The number of furan rings is 1. The third-order valence-electron chi connectivity index (χ3n) is 3.51. The molecule has 1 atom stereocenters. The number of amides is 1. The van der Waals surface area contributed by atoms with E-state index < -0.39 is 0 Å². The van der Waals surface area contributed by atoms with E-state index in [1.165, 1.54) is 0 Å². The van der Waals surface area contributed by atoms with Gasteiger partial charge in [0.2, 0.25) is 5.91 Å². The van der Waals surface area contributed by atoms with Gasteiger partial charge in [0.25, 0.3) is 0 Å². The fourth-order valence-corrected chi connectivity index (χ4v) is 2.41. The van der Waals surface area contributed by atoms with Gasteiger partial charge in [-0.15, -0.1) is 0 Å². The Kier molecular flexibility index (Phi) is 3.10. The molecule has 0 bridgehead atoms. The normalized spacial score (nSPS) is 15.3. The van der Waals surface area contributed by atoms with Crippen LogP contribution in [-0.2, 0) is 11.2 Å². The number of fused-ring (bicyclic) bond motifs is 1. The molecule has 0 saturated carbocycles. The molecule has 20 heavy (non-hydrogen) atoms. The number of rotatable bonds is 3. The van der Waals surface area contributed by atoms with Crippen molar-refractivity contribution in [3.63, 3.8) is 0 Å². The zero-order valence-corrected chi connectivity index (χ0v) is 11.3. The van der Waals surface area contributed by atoms with Crippen molar-refractivity contribution in [1.82, 2.24) is 0 Å². The van der Waals surface area contributed by atoms with E-state index in [0.717, 1.165) is 29.1 Å². The minimum Gasteiger partial charge on any atom is -0.467 e. The van der Waals surface area contributed by atoms with Crippen molar-refractivity contribution < 1.29 is 9.21 Å². The first-order valence-electron chi connectivity index (χ1n) is 6.65. The SMILES string of the molecule is CC(Nc1cc2c(cc1N)CCC(=O)N2)c1ccco1. The van der Waals surface area contributed by atoms with E-state index in [2.05, 4.69) is 10.6 Å². The van der Waals surface area contributed by atoms with Crippen LogP contribution in [0.5, 0.6) is 0 Å². The maximum Gasteiger partial charge on any atom is 0.224 e. The van der Waals surface area contributed by atoms with Gasteiger partial charge in [0, 0.05) is 12.1 Å². The summed E-state index contributed by atoms with van der Waals surface area (Å²) in [6, 6.07) is 7.58. The Labute approximate surface area is 117 Å². The number of nitrogens with one attached hydrogen (secondary N) is 2. The summed E-state index contributed by atoms with van der Waals surface area (Å²) in [4.78, 5) is 11.5. The van der Waals surface area contributed by atoms with Crippen LogP contribution in [0.4, 0.5) is 17.1 Å². The van der Waals surface area contributed by atoms with Crippen molar-refractivity contribution in [2.24, 2.45) is 0 Å². The van der Waals surface area contributed by atoms with Crippen LogP contribution in [0.2, 0.25) is 0 Å². The van der Waals surface area contributed by atoms with E-state index in [0.29, 0.717) is 12.1 Å². The molecule has 104 valence electrons. The van der Waals surface area contributed by atoms with Crippen LogP contribution < -0.4 is 16.4 Å². The first-order valence-corrected chi connectivity index (χ1v) is 6.65. The third-order valence-corrected chi connectivity index (χ3v) is 3.51. The summed E-state index contributed by atoms with van der Waals surface area (Å²) in [5, 5.41) is 6.19. The average molecular weight is 271 g/mol. The molecule has 0 fully saturated rings. The Bertz CT molecular complexity index is 635. The van der Waals surface area contributed by atoms with Crippen LogP contribution in [0.15, 0.2) is 34.9 Å². The summed E-state index contributed by atoms with van der Waals surface area (Å²) < 4.78 is 5.36. The Morgan fingerprint density at radius 1 is 1.40 bits per heavy atom. The fraction of sp³-hybridized carbons (Fsp3) is 0.267. The number of carbonyl (C=O) groups is 1.